The van der Waals surface area contributed by atoms with Crippen molar-refractivity contribution in [1.29, 1.82) is 0 Å². The average molecular weight is 294 g/mol. The van der Waals surface area contributed by atoms with E-state index >= 15 is 0 Å². The quantitative estimate of drug-likeness (QED) is 0.777. The van der Waals surface area contributed by atoms with Crippen LogP contribution in [0.1, 0.15) is 37.8 Å². The summed E-state index contributed by atoms with van der Waals surface area (Å²) in [5.74, 6) is 0.634. The Kier molecular flexibility index (Phi) is 2.37. The summed E-state index contributed by atoms with van der Waals surface area (Å²) in [7, 11) is 0. The normalized spacial score (nSPS) is 21.5. The predicted octanol–water partition coefficient (Wildman–Crippen LogP) is 3.44. The summed E-state index contributed by atoms with van der Waals surface area (Å²) in [6.45, 7) is 5.05. The Bertz CT molecular complexity index is 491. The molecule has 2 aliphatic rings. The summed E-state index contributed by atoms with van der Waals surface area (Å²) in [5, 5.41) is 0. The van der Waals surface area contributed by atoms with E-state index in [2.05, 4.69) is 48.0 Å². The van der Waals surface area contributed by atoms with Crippen LogP contribution in [0.2, 0.25) is 0 Å². The Morgan fingerprint density at radius 2 is 2.12 bits per heavy atom. The number of amides is 1. The molecule has 1 fully saturated rings. The molecule has 0 radical (unpaired) electrons. The molecule has 0 bridgehead atoms. The minimum Gasteiger partial charge on any atom is -0.329 e. The lowest BCUT2D eigenvalue weighted by atomic mass is 9.94. The van der Waals surface area contributed by atoms with Gasteiger partial charge >= 0.3 is 0 Å². The van der Waals surface area contributed by atoms with E-state index in [1.807, 2.05) is 4.90 Å². The molecule has 0 spiro atoms. The summed E-state index contributed by atoms with van der Waals surface area (Å²) in [6, 6.07) is 6.34. The van der Waals surface area contributed by atoms with Gasteiger partial charge in [0.15, 0.2) is 0 Å². The van der Waals surface area contributed by atoms with Gasteiger partial charge in [-0.2, -0.15) is 0 Å². The van der Waals surface area contributed by atoms with Gasteiger partial charge < -0.3 is 4.90 Å². The number of benzene rings is 1. The van der Waals surface area contributed by atoms with Crippen molar-refractivity contribution >= 4 is 21.8 Å². The van der Waals surface area contributed by atoms with Crippen LogP contribution in [0.3, 0.4) is 0 Å². The van der Waals surface area contributed by atoms with Crippen molar-refractivity contribution in [2.24, 2.45) is 5.92 Å². The molecule has 1 saturated carbocycles. The Labute approximate surface area is 110 Å². The number of halogens is 1. The van der Waals surface area contributed by atoms with Crippen molar-refractivity contribution in [1.82, 2.24) is 4.90 Å². The van der Waals surface area contributed by atoms with Gasteiger partial charge in [0.25, 0.3) is 0 Å². The third-order valence-electron chi connectivity index (χ3n) is 3.92. The number of nitrogens with zero attached hydrogens (tertiary/aromatic N) is 1. The lowest BCUT2D eigenvalue weighted by Gasteiger charge is -2.32. The first-order valence-electron chi connectivity index (χ1n) is 6.10. The average Bonchev–Trinajstić information content (AvgIpc) is 3.05. The number of carbonyl (C=O) groups excluding carboxylic acids is 1. The zero-order valence-electron chi connectivity index (χ0n) is 10.2. The third kappa shape index (κ3) is 1.71. The van der Waals surface area contributed by atoms with Crippen molar-refractivity contribution < 1.29 is 4.79 Å². The van der Waals surface area contributed by atoms with Gasteiger partial charge in [-0.25, -0.2) is 0 Å². The number of rotatable bonds is 1. The van der Waals surface area contributed by atoms with Gasteiger partial charge in [-0.15, -0.1) is 0 Å². The molecule has 0 aromatic heterocycles. The van der Waals surface area contributed by atoms with Crippen molar-refractivity contribution in [2.45, 2.75) is 38.8 Å². The molecule has 1 aliphatic carbocycles. The van der Waals surface area contributed by atoms with Crippen LogP contribution in [-0.2, 0) is 16.9 Å². The largest absolute Gasteiger partial charge is 0.329 e. The number of carbonyl (C=O) groups is 1. The molecule has 1 heterocycles. The number of hydrogen-bond donors (Lipinski definition) is 0. The van der Waals surface area contributed by atoms with E-state index in [1.54, 1.807) is 0 Å². The molecule has 0 N–H and O–H groups in total. The lowest BCUT2D eigenvalue weighted by Crippen LogP contribution is -2.41. The molecule has 3 rings (SSSR count). The minimum atomic E-state index is -0.157. The van der Waals surface area contributed by atoms with E-state index in [4.69, 9.17) is 0 Å². The monoisotopic (exact) mass is 293 g/mol. The second kappa shape index (κ2) is 3.58. The third-order valence-corrected chi connectivity index (χ3v) is 4.42. The SMILES string of the molecule is CC1(C)c2ccc(Br)cc2CN1C(=O)C1CC1. The van der Waals surface area contributed by atoms with E-state index in [9.17, 15) is 4.79 Å². The molecule has 1 aliphatic heterocycles. The van der Waals surface area contributed by atoms with E-state index in [-0.39, 0.29) is 5.54 Å². The molecule has 0 saturated heterocycles. The highest BCUT2D eigenvalue weighted by molar-refractivity contribution is 9.10. The van der Waals surface area contributed by atoms with E-state index < -0.39 is 0 Å². The van der Waals surface area contributed by atoms with Crippen LogP contribution >= 0.6 is 15.9 Å². The Hall–Kier alpha value is -0.830. The van der Waals surface area contributed by atoms with Crippen molar-refractivity contribution in [3.63, 3.8) is 0 Å². The first-order chi connectivity index (χ1) is 8.00. The van der Waals surface area contributed by atoms with Crippen molar-refractivity contribution in [3.05, 3.63) is 33.8 Å². The van der Waals surface area contributed by atoms with Crippen LogP contribution < -0.4 is 0 Å². The maximum atomic E-state index is 12.3. The summed E-state index contributed by atoms with van der Waals surface area (Å²) in [5.41, 5.74) is 2.41. The highest BCUT2D eigenvalue weighted by atomic mass is 79.9. The molecule has 1 aromatic carbocycles. The molecule has 2 nitrogen and oxygen atoms in total. The summed E-state index contributed by atoms with van der Waals surface area (Å²) < 4.78 is 1.09. The van der Waals surface area contributed by atoms with Gasteiger partial charge in [0, 0.05) is 16.9 Å². The molecular weight excluding hydrogens is 278 g/mol. The Balaban J connectivity index is 1.99. The van der Waals surface area contributed by atoms with Crippen LogP contribution in [0.4, 0.5) is 0 Å². The second-order valence-corrected chi connectivity index (χ2v) is 6.47. The molecule has 17 heavy (non-hydrogen) atoms. The highest BCUT2D eigenvalue weighted by Crippen LogP contribution is 2.43. The first kappa shape index (κ1) is 11.3. The standard InChI is InChI=1S/C14H16BrNO/c1-14(2)12-6-5-11(15)7-10(12)8-16(14)13(17)9-3-4-9/h5-7,9H,3-4,8H2,1-2H3. The van der Waals surface area contributed by atoms with Gasteiger partial charge in [0.05, 0.1) is 5.54 Å². The van der Waals surface area contributed by atoms with E-state index in [1.165, 1.54) is 11.1 Å². The van der Waals surface area contributed by atoms with E-state index in [0.717, 1.165) is 23.9 Å². The van der Waals surface area contributed by atoms with Crippen LogP contribution in [0.5, 0.6) is 0 Å². The minimum absolute atomic E-state index is 0.157. The van der Waals surface area contributed by atoms with Crippen LogP contribution in [0.25, 0.3) is 0 Å². The molecule has 90 valence electrons. The smallest absolute Gasteiger partial charge is 0.226 e. The summed E-state index contributed by atoms with van der Waals surface area (Å²) >= 11 is 3.50. The lowest BCUT2D eigenvalue weighted by molar-refractivity contribution is -0.137. The highest BCUT2D eigenvalue weighted by Gasteiger charge is 2.44. The van der Waals surface area contributed by atoms with Crippen LogP contribution in [-0.4, -0.2) is 10.8 Å². The van der Waals surface area contributed by atoms with Gasteiger partial charge in [-0.3, -0.25) is 4.79 Å². The molecule has 0 unspecified atom stereocenters. The Morgan fingerprint density at radius 1 is 1.41 bits per heavy atom. The molecular formula is C14H16BrNO. The number of hydrogen-bond acceptors (Lipinski definition) is 1. The predicted molar refractivity (Wildman–Crippen MR) is 70.4 cm³/mol. The van der Waals surface area contributed by atoms with Gasteiger partial charge in [-0.05, 0) is 49.9 Å². The zero-order valence-corrected chi connectivity index (χ0v) is 11.8. The summed E-state index contributed by atoms with van der Waals surface area (Å²) in [4.78, 5) is 14.3. The molecule has 1 amide bonds. The molecule has 3 heteroatoms. The second-order valence-electron chi connectivity index (χ2n) is 5.56. The summed E-state index contributed by atoms with van der Waals surface area (Å²) in [6.07, 6.45) is 2.15. The van der Waals surface area contributed by atoms with Crippen molar-refractivity contribution in [3.8, 4) is 0 Å². The van der Waals surface area contributed by atoms with Gasteiger partial charge in [0.1, 0.15) is 0 Å². The van der Waals surface area contributed by atoms with Crippen LogP contribution in [0, 0.1) is 5.92 Å². The maximum absolute atomic E-state index is 12.3. The molecule has 1 aromatic rings. The van der Waals surface area contributed by atoms with Gasteiger partial charge in [-0.1, -0.05) is 22.0 Å². The first-order valence-corrected chi connectivity index (χ1v) is 6.90. The van der Waals surface area contributed by atoms with Gasteiger partial charge in [0.2, 0.25) is 5.91 Å². The number of fused-ring (bicyclic) bond motifs is 1. The zero-order chi connectivity index (χ0) is 12.2. The fraction of sp³-hybridized carbons (Fsp3) is 0.500. The van der Waals surface area contributed by atoms with Crippen LogP contribution in [0.15, 0.2) is 22.7 Å². The maximum Gasteiger partial charge on any atom is 0.226 e. The fourth-order valence-electron chi connectivity index (χ4n) is 2.71. The molecule has 0 atom stereocenters. The fourth-order valence-corrected chi connectivity index (χ4v) is 3.12. The van der Waals surface area contributed by atoms with E-state index in [0.29, 0.717) is 11.8 Å². The van der Waals surface area contributed by atoms with Crippen molar-refractivity contribution in [2.75, 3.05) is 0 Å². The topological polar surface area (TPSA) is 20.3 Å². The Morgan fingerprint density at radius 3 is 2.76 bits per heavy atom.